The van der Waals surface area contributed by atoms with E-state index in [4.69, 9.17) is 14.9 Å². The molecular weight excluding hydrogens is 248 g/mol. The Morgan fingerprint density at radius 1 is 1.05 bits per heavy atom. The van der Waals surface area contributed by atoms with Gasteiger partial charge in [0.25, 0.3) is 0 Å². The van der Waals surface area contributed by atoms with Crippen LogP contribution in [0.2, 0.25) is 0 Å². The minimum atomic E-state index is -1.15. The second-order valence-electron chi connectivity index (χ2n) is 4.48. The fourth-order valence-corrected chi connectivity index (χ4v) is 1.95. The predicted octanol–water partition coefficient (Wildman–Crippen LogP) is 2.62. The number of hydrogen-bond donors (Lipinski definition) is 2. The molecule has 19 heavy (non-hydrogen) atoms. The van der Waals surface area contributed by atoms with Crippen molar-refractivity contribution in [3.63, 3.8) is 0 Å². The fourth-order valence-electron chi connectivity index (χ4n) is 1.95. The Bertz CT molecular complexity index is 364. The molecule has 0 heterocycles. The Kier molecular flexibility index (Phi) is 7.08. The number of carboxylic acid groups (broad SMARTS) is 2. The maximum absolute atomic E-state index is 11.2. The molecule has 0 aromatic rings. The minimum absolute atomic E-state index is 0.0330. The third kappa shape index (κ3) is 4.87. The third-order valence-corrected chi connectivity index (χ3v) is 2.94. The van der Waals surface area contributed by atoms with Crippen LogP contribution in [0.5, 0.6) is 0 Å². The monoisotopic (exact) mass is 270 g/mol. The van der Waals surface area contributed by atoms with Crippen molar-refractivity contribution >= 4 is 11.9 Å². The van der Waals surface area contributed by atoms with Gasteiger partial charge in [0.2, 0.25) is 0 Å². The van der Waals surface area contributed by atoms with Crippen LogP contribution in [0.3, 0.4) is 0 Å². The van der Waals surface area contributed by atoms with Gasteiger partial charge in [-0.25, -0.2) is 9.59 Å². The second-order valence-corrected chi connectivity index (χ2v) is 4.48. The quantitative estimate of drug-likeness (QED) is 0.596. The largest absolute Gasteiger partial charge is 0.478 e. The van der Waals surface area contributed by atoms with E-state index >= 15 is 0 Å². The van der Waals surface area contributed by atoms with Gasteiger partial charge in [-0.3, -0.25) is 0 Å². The van der Waals surface area contributed by atoms with Gasteiger partial charge in [0.05, 0.1) is 17.8 Å². The van der Waals surface area contributed by atoms with Gasteiger partial charge in [0.15, 0.2) is 0 Å². The van der Waals surface area contributed by atoms with Gasteiger partial charge in [-0.15, -0.1) is 0 Å². The zero-order valence-electron chi connectivity index (χ0n) is 11.6. The Labute approximate surface area is 113 Å². The minimum Gasteiger partial charge on any atom is -0.478 e. The van der Waals surface area contributed by atoms with Gasteiger partial charge in [-0.2, -0.15) is 0 Å². The molecule has 0 radical (unpaired) electrons. The van der Waals surface area contributed by atoms with Crippen LogP contribution in [0.4, 0.5) is 0 Å². The highest BCUT2D eigenvalue weighted by Crippen LogP contribution is 2.32. The first-order valence-corrected chi connectivity index (χ1v) is 6.28. The van der Waals surface area contributed by atoms with Crippen LogP contribution < -0.4 is 0 Å². The third-order valence-electron chi connectivity index (χ3n) is 2.94. The summed E-state index contributed by atoms with van der Waals surface area (Å²) >= 11 is 0. The van der Waals surface area contributed by atoms with Crippen LogP contribution in [0, 0.1) is 0 Å². The maximum atomic E-state index is 11.2. The normalized spacial score (nSPS) is 11.1. The lowest BCUT2D eigenvalue weighted by molar-refractivity contribution is -0.137. The van der Waals surface area contributed by atoms with Gasteiger partial charge in [0, 0.05) is 0 Å². The fraction of sp³-hybridized carbons (Fsp3) is 0.571. The van der Waals surface area contributed by atoms with Crippen molar-refractivity contribution in [3.8, 4) is 0 Å². The van der Waals surface area contributed by atoms with Crippen molar-refractivity contribution in [1.82, 2.24) is 0 Å². The highest BCUT2D eigenvalue weighted by atomic mass is 16.5. The molecule has 0 aliphatic heterocycles. The topological polar surface area (TPSA) is 83.8 Å². The van der Waals surface area contributed by atoms with Gasteiger partial charge >= 0.3 is 11.9 Å². The summed E-state index contributed by atoms with van der Waals surface area (Å²) in [5.74, 6) is -2.27. The SMILES string of the molecule is C=C(COC(CCC)(CCC)C(=C)C(=O)O)C(=O)O. The Morgan fingerprint density at radius 3 is 1.84 bits per heavy atom. The Hall–Kier alpha value is -1.62. The number of ether oxygens (including phenoxy) is 1. The molecule has 0 fully saturated rings. The average Bonchev–Trinajstić information content (AvgIpc) is 2.34. The molecule has 0 bridgehead atoms. The molecule has 2 N–H and O–H groups in total. The molecule has 0 aliphatic carbocycles. The molecule has 0 rings (SSSR count). The van der Waals surface area contributed by atoms with Crippen LogP contribution >= 0.6 is 0 Å². The summed E-state index contributed by atoms with van der Waals surface area (Å²) < 4.78 is 5.60. The van der Waals surface area contributed by atoms with E-state index in [0.717, 1.165) is 0 Å². The van der Waals surface area contributed by atoms with Crippen LogP contribution in [0.15, 0.2) is 24.3 Å². The van der Waals surface area contributed by atoms with Crippen molar-refractivity contribution < 1.29 is 24.5 Å². The summed E-state index contributed by atoms with van der Waals surface area (Å²) in [6.07, 6.45) is 2.40. The molecule has 0 amide bonds. The van der Waals surface area contributed by atoms with E-state index in [1.54, 1.807) is 0 Å². The standard InChI is InChI=1S/C14H22O5/c1-5-7-14(8-6-2,11(4)13(17)18)19-9-10(3)12(15)16/h3-9H2,1-2H3,(H,15,16)(H,17,18). The van der Waals surface area contributed by atoms with Gasteiger partial charge in [-0.05, 0) is 12.8 Å². The van der Waals surface area contributed by atoms with Gasteiger partial charge in [0.1, 0.15) is 5.60 Å². The molecule has 0 saturated carbocycles. The second kappa shape index (κ2) is 7.74. The number of rotatable bonds is 10. The van der Waals surface area contributed by atoms with Crippen molar-refractivity contribution in [2.24, 2.45) is 0 Å². The van der Waals surface area contributed by atoms with Gasteiger partial charge < -0.3 is 14.9 Å². The first kappa shape index (κ1) is 17.4. The highest BCUT2D eigenvalue weighted by molar-refractivity contribution is 5.88. The van der Waals surface area contributed by atoms with Crippen LogP contribution in [-0.4, -0.2) is 34.4 Å². The number of carbonyl (C=O) groups is 2. The Morgan fingerprint density at radius 2 is 1.53 bits per heavy atom. The first-order valence-electron chi connectivity index (χ1n) is 6.28. The molecule has 0 atom stereocenters. The van der Waals surface area contributed by atoms with E-state index < -0.39 is 17.5 Å². The predicted molar refractivity (Wildman–Crippen MR) is 72.1 cm³/mol. The molecule has 5 heteroatoms. The average molecular weight is 270 g/mol. The first-order chi connectivity index (χ1) is 8.80. The van der Waals surface area contributed by atoms with E-state index in [-0.39, 0.29) is 17.8 Å². The van der Waals surface area contributed by atoms with Crippen molar-refractivity contribution in [2.45, 2.75) is 45.1 Å². The zero-order valence-corrected chi connectivity index (χ0v) is 11.6. The zero-order chi connectivity index (χ0) is 15.1. The lowest BCUT2D eigenvalue weighted by atomic mass is 9.85. The molecule has 0 unspecified atom stereocenters. The van der Waals surface area contributed by atoms with Crippen molar-refractivity contribution in [3.05, 3.63) is 24.3 Å². The smallest absolute Gasteiger partial charge is 0.333 e. The van der Waals surface area contributed by atoms with Crippen LogP contribution in [0.1, 0.15) is 39.5 Å². The van der Waals surface area contributed by atoms with Crippen molar-refractivity contribution in [1.29, 1.82) is 0 Å². The molecule has 0 saturated heterocycles. The molecule has 0 aliphatic rings. The molecule has 0 spiro atoms. The van der Waals surface area contributed by atoms with E-state index in [2.05, 4.69) is 13.2 Å². The van der Waals surface area contributed by atoms with Crippen molar-refractivity contribution in [2.75, 3.05) is 6.61 Å². The number of hydrogen-bond acceptors (Lipinski definition) is 3. The summed E-state index contributed by atoms with van der Waals surface area (Å²) in [7, 11) is 0. The number of carboxylic acids is 2. The highest BCUT2D eigenvalue weighted by Gasteiger charge is 2.36. The van der Waals surface area contributed by atoms with E-state index in [9.17, 15) is 9.59 Å². The molecule has 5 nitrogen and oxygen atoms in total. The summed E-state index contributed by atoms with van der Waals surface area (Å²) in [6.45, 7) is 10.6. The van der Waals surface area contributed by atoms with E-state index in [1.807, 2.05) is 13.8 Å². The molecule has 0 aromatic carbocycles. The summed E-state index contributed by atoms with van der Waals surface area (Å²) in [5.41, 5.74) is -1.16. The number of aliphatic carboxylic acids is 2. The lowest BCUT2D eigenvalue weighted by Gasteiger charge is -2.34. The van der Waals surface area contributed by atoms with E-state index in [1.165, 1.54) is 0 Å². The summed E-state index contributed by atoms with van der Waals surface area (Å²) in [6, 6.07) is 0. The molecular formula is C14H22O5. The van der Waals surface area contributed by atoms with Crippen LogP contribution in [-0.2, 0) is 14.3 Å². The Balaban J connectivity index is 5.11. The van der Waals surface area contributed by atoms with E-state index in [0.29, 0.717) is 25.7 Å². The maximum Gasteiger partial charge on any atom is 0.333 e. The molecule has 0 aromatic heterocycles. The summed E-state index contributed by atoms with van der Waals surface area (Å²) in [5, 5.41) is 17.9. The van der Waals surface area contributed by atoms with Gasteiger partial charge in [-0.1, -0.05) is 39.8 Å². The summed E-state index contributed by atoms with van der Waals surface area (Å²) in [4.78, 5) is 21.9. The van der Waals surface area contributed by atoms with Crippen LogP contribution in [0.25, 0.3) is 0 Å². The molecule has 108 valence electrons. The lowest BCUT2D eigenvalue weighted by Crippen LogP contribution is -2.38.